The van der Waals surface area contributed by atoms with Crippen LogP contribution in [-0.4, -0.2) is 25.7 Å². The smallest absolute Gasteiger partial charge is 0.288 e. The number of fused-ring (bicyclic) bond motifs is 1. The molecule has 1 saturated heterocycles. The van der Waals surface area contributed by atoms with Gasteiger partial charge >= 0.3 is 0 Å². The summed E-state index contributed by atoms with van der Waals surface area (Å²) in [5.74, 6) is 0.926. The Morgan fingerprint density at radius 1 is 0.929 bits per heavy atom. The third kappa shape index (κ3) is 3.51. The van der Waals surface area contributed by atoms with Crippen LogP contribution >= 0.6 is 0 Å². The molecule has 0 bridgehead atoms. The molecule has 2 heterocycles. The first-order chi connectivity index (χ1) is 13.1. The van der Waals surface area contributed by atoms with E-state index in [9.17, 15) is 0 Å². The van der Waals surface area contributed by atoms with Crippen molar-refractivity contribution < 1.29 is 14.2 Å². The van der Waals surface area contributed by atoms with Crippen LogP contribution in [0.3, 0.4) is 0 Å². The van der Waals surface area contributed by atoms with Gasteiger partial charge in [0.15, 0.2) is 5.75 Å². The number of anilines is 2. The van der Waals surface area contributed by atoms with E-state index >= 15 is 0 Å². The molecule has 2 aromatic rings. The molecule has 4 heteroatoms. The van der Waals surface area contributed by atoms with E-state index < -0.39 is 6.41 Å². The third-order valence-corrected chi connectivity index (χ3v) is 5.38. The molecule has 1 atom stereocenters. The maximum atomic E-state index is 6.45. The van der Waals surface area contributed by atoms with Gasteiger partial charge in [0.05, 0.1) is 18.9 Å². The molecule has 2 aromatic carbocycles. The zero-order chi connectivity index (χ0) is 20.1. The van der Waals surface area contributed by atoms with E-state index in [1.54, 1.807) is 0 Å². The van der Waals surface area contributed by atoms with Crippen molar-refractivity contribution in [2.75, 3.05) is 18.1 Å². The number of hydrogen-bond donors (Lipinski definition) is 0. The van der Waals surface area contributed by atoms with Gasteiger partial charge in [0.2, 0.25) is 0 Å². The summed E-state index contributed by atoms with van der Waals surface area (Å²) >= 11 is 0. The quantitative estimate of drug-likeness (QED) is 0.701. The molecular formula is C24H31NO3. The van der Waals surface area contributed by atoms with E-state index in [0.717, 1.165) is 17.1 Å². The van der Waals surface area contributed by atoms with Crippen molar-refractivity contribution in [1.29, 1.82) is 0 Å². The Morgan fingerprint density at radius 2 is 1.61 bits per heavy atom. The van der Waals surface area contributed by atoms with Gasteiger partial charge in [-0.05, 0) is 34.6 Å². The fourth-order valence-corrected chi connectivity index (χ4v) is 3.57. The Morgan fingerprint density at radius 3 is 2.14 bits per heavy atom. The van der Waals surface area contributed by atoms with E-state index in [4.69, 9.17) is 14.2 Å². The molecule has 1 fully saturated rings. The minimum atomic E-state index is -0.484. The SMILES string of the molecule is CC(C)(C)c1cc2c(c(C(C)(C)C)c1)OC(OC1COC1)N2c1ccccc1. The van der Waals surface area contributed by atoms with Gasteiger partial charge in [0, 0.05) is 11.3 Å². The minimum Gasteiger partial charge on any atom is -0.444 e. The Balaban J connectivity index is 1.86. The fraction of sp³-hybridized carbons (Fsp3) is 0.500. The third-order valence-electron chi connectivity index (χ3n) is 5.38. The summed E-state index contributed by atoms with van der Waals surface area (Å²) < 4.78 is 18.0. The average Bonchev–Trinajstić information content (AvgIpc) is 2.94. The van der Waals surface area contributed by atoms with Crippen molar-refractivity contribution in [3.63, 3.8) is 0 Å². The number of ether oxygens (including phenoxy) is 3. The topological polar surface area (TPSA) is 30.9 Å². The van der Waals surface area contributed by atoms with Gasteiger partial charge in [-0.3, -0.25) is 4.90 Å². The average molecular weight is 382 g/mol. The molecule has 0 aliphatic carbocycles. The zero-order valence-electron chi connectivity index (χ0n) is 17.8. The molecule has 0 amide bonds. The van der Waals surface area contributed by atoms with Crippen LogP contribution in [0.5, 0.6) is 5.75 Å². The van der Waals surface area contributed by atoms with Crippen molar-refractivity contribution in [2.24, 2.45) is 0 Å². The Kier molecular flexibility index (Phi) is 4.67. The van der Waals surface area contributed by atoms with Crippen LogP contribution in [0.2, 0.25) is 0 Å². The molecule has 0 spiro atoms. The molecule has 4 nitrogen and oxygen atoms in total. The highest BCUT2D eigenvalue weighted by molar-refractivity contribution is 5.76. The second-order valence-electron chi connectivity index (χ2n) is 9.80. The van der Waals surface area contributed by atoms with Crippen LogP contribution in [0.1, 0.15) is 52.7 Å². The highest BCUT2D eigenvalue weighted by Gasteiger charge is 2.40. The monoisotopic (exact) mass is 381 g/mol. The summed E-state index contributed by atoms with van der Waals surface area (Å²) in [5, 5.41) is 0. The van der Waals surface area contributed by atoms with Gasteiger partial charge in [0.1, 0.15) is 6.10 Å². The molecule has 0 aromatic heterocycles. The van der Waals surface area contributed by atoms with Gasteiger partial charge < -0.3 is 14.2 Å². The van der Waals surface area contributed by atoms with E-state index in [1.165, 1.54) is 11.1 Å². The Labute approximate surface area is 168 Å². The molecule has 28 heavy (non-hydrogen) atoms. The summed E-state index contributed by atoms with van der Waals surface area (Å²) in [6, 6.07) is 14.9. The van der Waals surface area contributed by atoms with Gasteiger partial charge in [-0.25, -0.2) is 0 Å². The molecule has 0 saturated carbocycles. The summed E-state index contributed by atoms with van der Waals surface area (Å²) in [5.41, 5.74) is 4.66. The molecule has 2 aliphatic rings. The second-order valence-corrected chi connectivity index (χ2v) is 9.80. The lowest BCUT2D eigenvalue weighted by Gasteiger charge is -2.32. The van der Waals surface area contributed by atoms with E-state index in [1.807, 2.05) is 6.07 Å². The molecule has 0 radical (unpaired) electrons. The lowest BCUT2D eigenvalue weighted by atomic mass is 9.79. The van der Waals surface area contributed by atoms with Crippen LogP contribution in [-0.2, 0) is 20.3 Å². The lowest BCUT2D eigenvalue weighted by molar-refractivity contribution is -0.193. The number of hydrogen-bond acceptors (Lipinski definition) is 4. The number of benzene rings is 2. The van der Waals surface area contributed by atoms with E-state index in [0.29, 0.717) is 13.2 Å². The molecule has 4 rings (SSSR count). The Hall–Kier alpha value is -2.04. The second kappa shape index (κ2) is 6.78. The summed E-state index contributed by atoms with van der Waals surface area (Å²) in [7, 11) is 0. The zero-order valence-corrected chi connectivity index (χ0v) is 17.8. The summed E-state index contributed by atoms with van der Waals surface area (Å²) in [6.07, 6.45) is -0.409. The van der Waals surface area contributed by atoms with Crippen molar-refractivity contribution >= 4 is 11.4 Å². The standard InChI is InChI=1S/C24H31NO3/c1-23(2,3)16-12-19(24(4,5)6)21-20(13-16)25(17-10-8-7-9-11-17)22(28-21)27-18-14-26-15-18/h7-13,18,22H,14-15H2,1-6H3. The van der Waals surface area contributed by atoms with Gasteiger partial charge in [-0.2, -0.15) is 0 Å². The first kappa shape index (κ1) is 19.3. The van der Waals surface area contributed by atoms with Gasteiger partial charge in [-0.1, -0.05) is 65.8 Å². The van der Waals surface area contributed by atoms with Crippen LogP contribution in [0.25, 0.3) is 0 Å². The number of rotatable bonds is 3. The minimum absolute atomic E-state index is 0.0395. The first-order valence-corrected chi connectivity index (χ1v) is 10.1. The molecule has 1 unspecified atom stereocenters. The fourth-order valence-electron chi connectivity index (χ4n) is 3.57. The first-order valence-electron chi connectivity index (χ1n) is 10.1. The highest BCUT2D eigenvalue weighted by Crippen LogP contribution is 2.50. The van der Waals surface area contributed by atoms with Crippen molar-refractivity contribution in [1.82, 2.24) is 0 Å². The lowest BCUT2D eigenvalue weighted by Crippen LogP contribution is -2.44. The Bertz CT molecular complexity index is 845. The van der Waals surface area contributed by atoms with Gasteiger partial charge in [0.25, 0.3) is 6.41 Å². The summed E-state index contributed by atoms with van der Waals surface area (Å²) in [4.78, 5) is 2.18. The van der Waals surface area contributed by atoms with Crippen molar-refractivity contribution in [3.05, 3.63) is 53.6 Å². The van der Waals surface area contributed by atoms with Crippen molar-refractivity contribution in [3.8, 4) is 5.75 Å². The van der Waals surface area contributed by atoms with Gasteiger partial charge in [-0.15, -0.1) is 0 Å². The largest absolute Gasteiger partial charge is 0.444 e. The van der Waals surface area contributed by atoms with Crippen LogP contribution < -0.4 is 9.64 Å². The normalized spacial score (nSPS) is 19.9. The molecular weight excluding hydrogens is 350 g/mol. The predicted octanol–water partition coefficient (Wildman–Crippen LogP) is 5.51. The highest BCUT2D eigenvalue weighted by atomic mass is 16.7. The molecule has 2 aliphatic heterocycles. The van der Waals surface area contributed by atoms with Crippen LogP contribution in [0, 0.1) is 0 Å². The van der Waals surface area contributed by atoms with Crippen LogP contribution in [0.4, 0.5) is 11.4 Å². The van der Waals surface area contributed by atoms with E-state index in [-0.39, 0.29) is 16.9 Å². The summed E-state index contributed by atoms with van der Waals surface area (Å²) in [6.45, 7) is 14.7. The number of nitrogens with zero attached hydrogens (tertiary/aromatic N) is 1. The molecule has 150 valence electrons. The predicted molar refractivity (Wildman–Crippen MR) is 113 cm³/mol. The van der Waals surface area contributed by atoms with Crippen molar-refractivity contribution in [2.45, 2.75) is 64.9 Å². The number of para-hydroxylation sites is 1. The molecule has 0 N–H and O–H groups in total. The van der Waals surface area contributed by atoms with Crippen LogP contribution in [0.15, 0.2) is 42.5 Å². The maximum Gasteiger partial charge on any atom is 0.288 e. The van der Waals surface area contributed by atoms with E-state index in [2.05, 4.69) is 82.8 Å². The maximum absolute atomic E-state index is 6.45.